The molecule has 0 fully saturated rings. The van der Waals surface area contributed by atoms with Gasteiger partial charge < -0.3 is 5.32 Å². The first-order chi connectivity index (χ1) is 18.0. The number of hydrogen-bond acceptors (Lipinski definition) is 5. The fourth-order valence-corrected chi connectivity index (χ4v) is 6.02. The van der Waals surface area contributed by atoms with E-state index in [1.807, 2.05) is 6.92 Å². The van der Waals surface area contributed by atoms with Crippen LogP contribution in [0.5, 0.6) is 0 Å². The molecule has 6 nitrogen and oxygen atoms in total. The summed E-state index contributed by atoms with van der Waals surface area (Å²) in [6.45, 7) is 17.0. The van der Waals surface area contributed by atoms with Crippen LogP contribution in [0.15, 0.2) is 29.3 Å². The van der Waals surface area contributed by atoms with Crippen molar-refractivity contribution in [2.24, 2.45) is 10.4 Å². The van der Waals surface area contributed by atoms with Gasteiger partial charge in [0, 0.05) is 28.5 Å². The Labute approximate surface area is 232 Å². The summed E-state index contributed by atoms with van der Waals surface area (Å²) in [6.07, 6.45) is 5.99. The summed E-state index contributed by atoms with van der Waals surface area (Å²) in [6, 6.07) is 9.05. The second-order valence-electron chi connectivity index (χ2n) is 11.8. The van der Waals surface area contributed by atoms with Crippen molar-refractivity contribution in [2.45, 2.75) is 106 Å². The number of fused-ring (bicyclic) bond motifs is 3. The minimum Gasteiger partial charge on any atom is -0.353 e. The van der Waals surface area contributed by atoms with E-state index in [1.54, 1.807) is 11.3 Å². The Kier molecular flexibility index (Phi) is 8.55. The van der Waals surface area contributed by atoms with Crippen molar-refractivity contribution in [3.05, 3.63) is 63.0 Å². The van der Waals surface area contributed by atoms with Crippen LogP contribution >= 0.6 is 11.3 Å². The first-order valence-corrected chi connectivity index (χ1v) is 14.8. The Morgan fingerprint density at radius 1 is 1.05 bits per heavy atom. The van der Waals surface area contributed by atoms with Crippen LogP contribution in [0.4, 0.5) is 0 Å². The lowest BCUT2D eigenvalue weighted by Gasteiger charge is -2.28. The van der Waals surface area contributed by atoms with Crippen molar-refractivity contribution in [3.8, 4) is 5.00 Å². The van der Waals surface area contributed by atoms with Gasteiger partial charge in [-0.3, -0.25) is 14.4 Å². The Balaban J connectivity index is 1.35. The van der Waals surface area contributed by atoms with E-state index in [0.29, 0.717) is 6.42 Å². The molecule has 1 aliphatic rings. The zero-order chi connectivity index (χ0) is 27.6. The molecule has 4 rings (SSSR count). The molecule has 0 bridgehead atoms. The summed E-state index contributed by atoms with van der Waals surface area (Å²) in [5.41, 5.74) is 6.12. The highest BCUT2D eigenvalue weighted by molar-refractivity contribution is 7.15. The van der Waals surface area contributed by atoms with Gasteiger partial charge in [0.25, 0.3) is 0 Å². The molecule has 1 amide bonds. The van der Waals surface area contributed by atoms with E-state index in [-0.39, 0.29) is 23.4 Å². The van der Waals surface area contributed by atoms with Crippen LogP contribution in [0, 0.1) is 26.2 Å². The largest absolute Gasteiger partial charge is 0.353 e. The number of aryl methyl sites for hydroxylation is 3. The van der Waals surface area contributed by atoms with Gasteiger partial charge in [0.2, 0.25) is 5.91 Å². The van der Waals surface area contributed by atoms with Crippen molar-refractivity contribution >= 4 is 23.0 Å². The summed E-state index contributed by atoms with van der Waals surface area (Å²) >= 11 is 1.80. The average molecular weight is 534 g/mol. The highest BCUT2D eigenvalue weighted by atomic mass is 32.1. The van der Waals surface area contributed by atoms with Crippen LogP contribution in [-0.2, 0) is 11.2 Å². The molecule has 2 atom stereocenters. The highest BCUT2D eigenvalue weighted by Gasteiger charge is 2.29. The number of aromatic nitrogens is 3. The summed E-state index contributed by atoms with van der Waals surface area (Å²) in [5, 5.41) is 13.1. The van der Waals surface area contributed by atoms with E-state index in [4.69, 9.17) is 4.99 Å². The van der Waals surface area contributed by atoms with E-state index in [0.717, 1.165) is 55.0 Å². The van der Waals surface area contributed by atoms with Crippen LogP contribution in [0.3, 0.4) is 0 Å². The number of aliphatic imine (C=N–C) groups is 1. The molecule has 0 saturated carbocycles. The molecule has 1 aliphatic heterocycles. The van der Waals surface area contributed by atoms with Crippen LogP contribution in [-0.4, -0.2) is 32.4 Å². The van der Waals surface area contributed by atoms with Gasteiger partial charge in [0.1, 0.15) is 16.9 Å². The van der Waals surface area contributed by atoms with Gasteiger partial charge in [-0.2, -0.15) is 0 Å². The zero-order valence-electron chi connectivity index (χ0n) is 24.3. The number of unbranched alkanes of at least 4 members (excludes halogenated alkanes) is 3. The van der Waals surface area contributed by atoms with Gasteiger partial charge in [-0.15, -0.1) is 21.5 Å². The summed E-state index contributed by atoms with van der Waals surface area (Å²) in [4.78, 5) is 18.6. The lowest BCUT2D eigenvalue weighted by molar-refractivity contribution is -0.122. The number of amides is 1. The third-order valence-corrected chi connectivity index (χ3v) is 9.07. The molecule has 1 N–H and O–H groups in total. The number of hydrogen-bond donors (Lipinski definition) is 1. The van der Waals surface area contributed by atoms with E-state index < -0.39 is 0 Å². The molecular formula is C31H43N5OS. The van der Waals surface area contributed by atoms with Crippen molar-refractivity contribution in [2.75, 3.05) is 0 Å². The van der Waals surface area contributed by atoms with Crippen LogP contribution in [0.2, 0.25) is 0 Å². The Bertz CT molecular complexity index is 1310. The van der Waals surface area contributed by atoms with Crippen LogP contribution in [0.1, 0.15) is 112 Å². The van der Waals surface area contributed by atoms with E-state index in [1.165, 1.54) is 26.6 Å². The number of nitrogens with one attached hydrogen (secondary N) is 1. The first-order valence-electron chi connectivity index (χ1n) is 14.0. The number of carbonyl (C=O) groups excluding carboxylic acids is 1. The fraction of sp³-hybridized carbons (Fsp3) is 0.548. The number of rotatable bonds is 9. The van der Waals surface area contributed by atoms with Crippen LogP contribution in [0.25, 0.3) is 5.00 Å². The van der Waals surface area contributed by atoms with Crippen molar-refractivity contribution < 1.29 is 4.79 Å². The molecule has 1 aromatic carbocycles. The molecule has 0 saturated heterocycles. The maximum Gasteiger partial charge on any atom is 0.220 e. The maximum atomic E-state index is 12.2. The molecular weight excluding hydrogens is 490 g/mol. The SMILES string of the molecule is Cc1sc2c(c1C)C(c1ccc(CCCCCCC(=O)NC(C)C(C)(C)C)cc1)=N[C@@H](C)c1nnc(C)n1-2. The Morgan fingerprint density at radius 2 is 1.74 bits per heavy atom. The zero-order valence-corrected chi connectivity index (χ0v) is 25.1. The average Bonchev–Trinajstić information content (AvgIpc) is 3.34. The Hall–Kier alpha value is -2.80. The van der Waals surface area contributed by atoms with Gasteiger partial charge in [0.05, 0.1) is 5.71 Å². The molecule has 7 heteroatoms. The minimum absolute atomic E-state index is 0.0658. The highest BCUT2D eigenvalue weighted by Crippen LogP contribution is 2.38. The maximum absolute atomic E-state index is 12.2. The number of thiophene rings is 1. The monoisotopic (exact) mass is 533 g/mol. The number of nitrogens with zero attached hydrogens (tertiary/aromatic N) is 4. The van der Waals surface area contributed by atoms with Crippen molar-refractivity contribution in [1.82, 2.24) is 20.1 Å². The molecule has 3 heterocycles. The minimum atomic E-state index is -0.0658. The predicted molar refractivity (Wildman–Crippen MR) is 158 cm³/mol. The van der Waals surface area contributed by atoms with Crippen molar-refractivity contribution in [1.29, 1.82) is 0 Å². The van der Waals surface area contributed by atoms with Gasteiger partial charge >= 0.3 is 0 Å². The normalized spacial score (nSPS) is 15.9. The molecule has 1 unspecified atom stereocenters. The molecule has 204 valence electrons. The topological polar surface area (TPSA) is 72.2 Å². The van der Waals surface area contributed by atoms with Crippen LogP contribution < -0.4 is 5.32 Å². The summed E-state index contributed by atoms with van der Waals surface area (Å²) < 4.78 is 2.18. The first kappa shape index (κ1) is 28.2. The standard InChI is InChI=1S/C31H43N5OS/c1-19-21(3)38-30-27(19)28(32-20(2)29-35-34-23(5)36(29)30)25-17-15-24(16-18-25)13-11-9-10-12-14-26(37)33-22(4)31(6,7)8/h15-18,20,22H,9-14H2,1-8H3,(H,33,37)/t20-,22?/m0/s1. The second kappa shape index (κ2) is 11.5. The van der Waals surface area contributed by atoms with Crippen molar-refractivity contribution in [3.63, 3.8) is 0 Å². The second-order valence-corrected chi connectivity index (χ2v) is 13.0. The van der Waals surface area contributed by atoms with Gasteiger partial charge in [-0.1, -0.05) is 57.9 Å². The summed E-state index contributed by atoms with van der Waals surface area (Å²) in [5.74, 6) is 1.98. The molecule has 38 heavy (non-hydrogen) atoms. The lowest BCUT2D eigenvalue weighted by atomic mass is 9.88. The molecule has 0 radical (unpaired) electrons. The fourth-order valence-electron chi connectivity index (χ4n) is 4.81. The quantitative estimate of drug-likeness (QED) is 0.295. The van der Waals surface area contributed by atoms with E-state index in [9.17, 15) is 4.79 Å². The molecule has 2 aromatic heterocycles. The number of benzene rings is 1. The Morgan fingerprint density at radius 3 is 2.42 bits per heavy atom. The third kappa shape index (κ3) is 6.09. The predicted octanol–water partition coefficient (Wildman–Crippen LogP) is 7.21. The third-order valence-electron chi connectivity index (χ3n) is 7.88. The van der Waals surface area contributed by atoms with E-state index in [2.05, 4.69) is 92.8 Å². The van der Waals surface area contributed by atoms with Gasteiger partial charge in [-0.05, 0) is 70.4 Å². The molecule has 3 aromatic rings. The lowest BCUT2D eigenvalue weighted by Crippen LogP contribution is -2.41. The molecule has 0 aliphatic carbocycles. The summed E-state index contributed by atoms with van der Waals surface area (Å²) in [7, 11) is 0. The van der Waals surface area contributed by atoms with E-state index >= 15 is 0 Å². The van der Waals surface area contributed by atoms with Gasteiger partial charge in [0.15, 0.2) is 5.82 Å². The van der Waals surface area contributed by atoms with Gasteiger partial charge in [-0.25, -0.2) is 0 Å². The molecule has 0 spiro atoms. The number of carbonyl (C=O) groups is 1. The smallest absolute Gasteiger partial charge is 0.220 e.